The first-order valence-electron chi connectivity index (χ1n) is 9.94. The highest BCUT2D eigenvalue weighted by atomic mass is 19.1. The minimum absolute atomic E-state index is 0.139. The Morgan fingerprint density at radius 3 is 2.55 bits per heavy atom. The van der Waals surface area contributed by atoms with Crippen LogP contribution in [0.3, 0.4) is 0 Å². The van der Waals surface area contributed by atoms with Gasteiger partial charge in [0.15, 0.2) is 5.78 Å². The minimum atomic E-state index is -0.481. The fraction of sp³-hybridized carbons (Fsp3) is 0.292. The number of ketones is 1. The second kappa shape index (κ2) is 8.21. The van der Waals surface area contributed by atoms with Crippen LogP contribution in [0.25, 0.3) is 21.9 Å². The number of aromatic nitrogens is 1. The Morgan fingerprint density at radius 2 is 1.83 bits per heavy atom. The van der Waals surface area contributed by atoms with Crippen molar-refractivity contribution in [2.45, 2.75) is 25.8 Å². The van der Waals surface area contributed by atoms with Crippen molar-refractivity contribution < 1.29 is 14.0 Å². The maximum absolute atomic E-state index is 14.8. The van der Waals surface area contributed by atoms with E-state index in [0.717, 1.165) is 28.2 Å². The molecule has 3 aromatic rings. The number of likely N-dealkylation sites (tertiary alicyclic amines) is 1. The first-order chi connectivity index (χ1) is 14.1. The van der Waals surface area contributed by atoms with Crippen LogP contribution in [0.4, 0.5) is 4.39 Å². The average molecular weight is 390 g/mol. The van der Waals surface area contributed by atoms with E-state index in [1.807, 2.05) is 37.3 Å². The Balaban J connectivity index is 1.52. The van der Waals surface area contributed by atoms with Gasteiger partial charge in [-0.2, -0.15) is 0 Å². The zero-order valence-corrected chi connectivity index (χ0v) is 16.3. The molecule has 0 aliphatic carbocycles. The van der Waals surface area contributed by atoms with Gasteiger partial charge in [-0.15, -0.1) is 0 Å². The second-order valence-electron chi connectivity index (χ2n) is 7.68. The van der Waals surface area contributed by atoms with Crippen LogP contribution in [0.5, 0.6) is 0 Å². The summed E-state index contributed by atoms with van der Waals surface area (Å²) in [6.45, 7) is 3.22. The normalized spacial score (nSPS) is 16.6. The lowest BCUT2D eigenvalue weighted by molar-refractivity contribution is -0.112. The number of nitrogens with zero attached hydrogens (tertiary/aromatic N) is 2. The van der Waals surface area contributed by atoms with Gasteiger partial charge in [-0.3, -0.25) is 14.7 Å². The van der Waals surface area contributed by atoms with Crippen LogP contribution in [0, 0.1) is 11.7 Å². The van der Waals surface area contributed by atoms with Crippen molar-refractivity contribution in [2.24, 2.45) is 5.92 Å². The van der Waals surface area contributed by atoms with Gasteiger partial charge in [-0.1, -0.05) is 18.2 Å². The molecule has 1 unspecified atom stereocenters. The Labute approximate surface area is 169 Å². The van der Waals surface area contributed by atoms with E-state index < -0.39 is 5.82 Å². The number of hydrogen-bond donors (Lipinski definition) is 0. The van der Waals surface area contributed by atoms with E-state index in [-0.39, 0.29) is 23.3 Å². The van der Waals surface area contributed by atoms with Crippen LogP contribution in [0.1, 0.15) is 30.1 Å². The van der Waals surface area contributed by atoms with Gasteiger partial charge in [0.1, 0.15) is 12.1 Å². The van der Waals surface area contributed by atoms with Crippen molar-refractivity contribution in [1.82, 2.24) is 9.88 Å². The van der Waals surface area contributed by atoms with E-state index >= 15 is 0 Å². The van der Waals surface area contributed by atoms with Gasteiger partial charge in [-0.05, 0) is 73.6 Å². The number of rotatable bonds is 5. The van der Waals surface area contributed by atoms with Crippen molar-refractivity contribution in [3.8, 4) is 11.1 Å². The standard InChI is InChI=1S/C24H23FN2O2/c1-16(15-28)27-10-7-17(8-11-27)24(29)22-5-4-19(13-23(22)25)18-2-3-21-14-26-9-6-20(21)12-18/h2-6,9,12-17H,7-8,10-11H2,1H3. The molecule has 1 aromatic heterocycles. The summed E-state index contributed by atoms with van der Waals surface area (Å²) in [6, 6.07) is 12.5. The van der Waals surface area contributed by atoms with Crippen LogP contribution in [-0.4, -0.2) is 41.1 Å². The molecule has 0 amide bonds. The van der Waals surface area contributed by atoms with Crippen LogP contribution < -0.4 is 0 Å². The minimum Gasteiger partial charge on any atom is -0.302 e. The van der Waals surface area contributed by atoms with Crippen molar-refractivity contribution >= 4 is 22.8 Å². The number of Topliss-reactive ketones (excluding diaryl/α,β-unsaturated/α-hetero) is 1. The number of piperidine rings is 1. The fourth-order valence-electron chi connectivity index (χ4n) is 4.03. The molecule has 4 rings (SSSR count). The van der Waals surface area contributed by atoms with Gasteiger partial charge >= 0.3 is 0 Å². The molecule has 29 heavy (non-hydrogen) atoms. The lowest BCUT2D eigenvalue weighted by atomic mass is 9.87. The molecular weight excluding hydrogens is 367 g/mol. The Bertz CT molecular complexity index is 1060. The van der Waals surface area contributed by atoms with Gasteiger partial charge in [-0.25, -0.2) is 4.39 Å². The largest absolute Gasteiger partial charge is 0.302 e. The molecule has 1 aliphatic heterocycles. The highest BCUT2D eigenvalue weighted by molar-refractivity contribution is 5.98. The summed E-state index contributed by atoms with van der Waals surface area (Å²) in [5.41, 5.74) is 1.80. The molecular formula is C24H23FN2O2. The quantitative estimate of drug-likeness (QED) is 0.475. The van der Waals surface area contributed by atoms with Crippen molar-refractivity contribution in [2.75, 3.05) is 13.1 Å². The SMILES string of the molecule is CC(C=O)N1CCC(C(=O)c2ccc(-c3ccc4cnccc4c3)cc2F)CC1. The molecule has 4 nitrogen and oxygen atoms in total. The van der Waals surface area contributed by atoms with E-state index in [9.17, 15) is 14.0 Å². The van der Waals surface area contributed by atoms with Crippen molar-refractivity contribution in [3.63, 3.8) is 0 Å². The zero-order chi connectivity index (χ0) is 20.4. The van der Waals surface area contributed by atoms with Gasteiger partial charge < -0.3 is 4.79 Å². The Hall–Kier alpha value is -2.92. The van der Waals surface area contributed by atoms with Gasteiger partial charge in [0, 0.05) is 23.7 Å². The number of hydrogen-bond acceptors (Lipinski definition) is 4. The van der Waals surface area contributed by atoms with E-state index in [1.54, 1.807) is 18.5 Å². The van der Waals surface area contributed by atoms with Crippen molar-refractivity contribution in [3.05, 3.63) is 66.2 Å². The molecule has 1 saturated heterocycles. The Morgan fingerprint density at radius 1 is 1.10 bits per heavy atom. The topological polar surface area (TPSA) is 50.3 Å². The molecule has 1 fully saturated rings. The van der Waals surface area contributed by atoms with Crippen LogP contribution >= 0.6 is 0 Å². The number of halogens is 1. The lowest BCUT2D eigenvalue weighted by Gasteiger charge is -2.33. The monoisotopic (exact) mass is 390 g/mol. The predicted octanol–water partition coefficient (Wildman–Crippen LogP) is 4.52. The molecule has 0 radical (unpaired) electrons. The summed E-state index contributed by atoms with van der Waals surface area (Å²) >= 11 is 0. The second-order valence-corrected chi connectivity index (χ2v) is 7.68. The predicted molar refractivity (Wildman–Crippen MR) is 111 cm³/mol. The molecule has 2 heterocycles. The molecule has 0 spiro atoms. The molecule has 1 aliphatic rings. The van der Waals surface area contributed by atoms with Crippen LogP contribution in [-0.2, 0) is 4.79 Å². The number of fused-ring (bicyclic) bond motifs is 1. The van der Waals surface area contributed by atoms with Gasteiger partial charge in [0.2, 0.25) is 0 Å². The maximum atomic E-state index is 14.8. The van der Waals surface area contributed by atoms with E-state index in [0.29, 0.717) is 25.9 Å². The summed E-state index contributed by atoms with van der Waals surface area (Å²) < 4.78 is 14.8. The van der Waals surface area contributed by atoms with Crippen LogP contribution in [0.2, 0.25) is 0 Å². The molecule has 5 heteroatoms. The molecule has 0 bridgehead atoms. The fourth-order valence-corrected chi connectivity index (χ4v) is 4.03. The highest BCUT2D eigenvalue weighted by Crippen LogP contribution is 2.28. The number of benzene rings is 2. The average Bonchev–Trinajstić information content (AvgIpc) is 2.77. The zero-order valence-electron chi connectivity index (χ0n) is 16.3. The van der Waals surface area contributed by atoms with E-state index in [4.69, 9.17) is 0 Å². The van der Waals surface area contributed by atoms with Crippen LogP contribution in [0.15, 0.2) is 54.9 Å². The van der Waals surface area contributed by atoms with Crippen molar-refractivity contribution in [1.29, 1.82) is 0 Å². The number of carbonyl (C=O) groups excluding carboxylic acids is 2. The molecule has 148 valence electrons. The number of carbonyl (C=O) groups is 2. The highest BCUT2D eigenvalue weighted by Gasteiger charge is 2.29. The molecule has 0 N–H and O–H groups in total. The summed E-state index contributed by atoms with van der Waals surface area (Å²) in [4.78, 5) is 30.0. The van der Waals surface area contributed by atoms with E-state index in [2.05, 4.69) is 9.88 Å². The van der Waals surface area contributed by atoms with Gasteiger partial charge in [0.05, 0.1) is 11.6 Å². The number of pyridine rings is 1. The lowest BCUT2D eigenvalue weighted by Crippen LogP contribution is -2.42. The Kier molecular flexibility index (Phi) is 5.49. The first-order valence-corrected chi connectivity index (χ1v) is 9.94. The summed E-state index contributed by atoms with van der Waals surface area (Å²) in [5.74, 6) is -0.818. The number of aldehydes is 1. The summed E-state index contributed by atoms with van der Waals surface area (Å²) in [5, 5.41) is 2.06. The van der Waals surface area contributed by atoms with E-state index in [1.165, 1.54) is 6.07 Å². The third-order valence-electron chi connectivity index (χ3n) is 5.88. The molecule has 2 aromatic carbocycles. The first kappa shape index (κ1) is 19.4. The van der Waals surface area contributed by atoms with Gasteiger partial charge in [0.25, 0.3) is 0 Å². The summed E-state index contributed by atoms with van der Waals surface area (Å²) in [7, 11) is 0. The summed E-state index contributed by atoms with van der Waals surface area (Å²) in [6.07, 6.45) is 5.75. The molecule has 0 saturated carbocycles. The smallest absolute Gasteiger partial charge is 0.168 e. The third-order valence-corrected chi connectivity index (χ3v) is 5.88. The maximum Gasteiger partial charge on any atom is 0.168 e. The third kappa shape index (κ3) is 3.96. The molecule has 1 atom stereocenters.